The predicted molar refractivity (Wildman–Crippen MR) is 138 cm³/mol. The van der Waals surface area contributed by atoms with Crippen LogP contribution in [0.1, 0.15) is 26.3 Å². The second kappa shape index (κ2) is 9.82. The molecule has 3 aromatic carbocycles. The SMILES string of the molecule is NC(=O)c1ccc(CSc2ncccc2C(=O)Nc2ccc(-c3nc4ccccc4[nH]3)cc2)cc1. The zero-order valence-corrected chi connectivity index (χ0v) is 19.4. The van der Waals surface area contributed by atoms with E-state index in [4.69, 9.17) is 5.73 Å². The minimum absolute atomic E-state index is 0.235. The molecular weight excluding hydrogens is 458 g/mol. The Kier molecular flexibility index (Phi) is 6.28. The third-order valence-electron chi connectivity index (χ3n) is 5.44. The number of H-pyrrole nitrogens is 1. The number of aromatic amines is 1. The molecule has 0 aliphatic carbocycles. The molecule has 0 radical (unpaired) electrons. The van der Waals surface area contributed by atoms with Gasteiger partial charge in [0.1, 0.15) is 10.9 Å². The number of rotatable bonds is 7. The van der Waals surface area contributed by atoms with Crippen LogP contribution in [-0.4, -0.2) is 26.8 Å². The van der Waals surface area contributed by atoms with Gasteiger partial charge in [0.25, 0.3) is 5.91 Å². The van der Waals surface area contributed by atoms with Crippen molar-refractivity contribution in [1.29, 1.82) is 0 Å². The number of benzene rings is 3. The minimum atomic E-state index is -0.460. The fourth-order valence-electron chi connectivity index (χ4n) is 3.59. The number of imidazole rings is 1. The lowest BCUT2D eigenvalue weighted by atomic mass is 10.1. The number of thioether (sulfide) groups is 1. The number of carbonyl (C=O) groups is 2. The van der Waals surface area contributed by atoms with Crippen LogP contribution in [0, 0.1) is 0 Å². The molecule has 172 valence electrons. The molecule has 0 saturated carbocycles. The molecule has 2 heterocycles. The number of nitrogens with two attached hydrogens (primary N) is 1. The van der Waals surface area contributed by atoms with Crippen molar-refractivity contribution < 1.29 is 9.59 Å². The number of nitrogens with zero attached hydrogens (tertiary/aromatic N) is 2. The first-order valence-corrected chi connectivity index (χ1v) is 11.9. The van der Waals surface area contributed by atoms with Gasteiger partial charge in [0.05, 0.1) is 16.6 Å². The summed E-state index contributed by atoms with van der Waals surface area (Å²) in [5.41, 5.74) is 10.7. The Bertz CT molecular complexity index is 1480. The summed E-state index contributed by atoms with van der Waals surface area (Å²) >= 11 is 1.45. The third kappa shape index (κ3) is 5.07. The summed E-state index contributed by atoms with van der Waals surface area (Å²) in [5.74, 6) is 0.682. The average molecular weight is 480 g/mol. The number of hydrogen-bond acceptors (Lipinski definition) is 5. The Morgan fingerprint density at radius 1 is 0.914 bits per heavy atom. The van der Waals surface area contributed by atoms with E-state index in [2.05, 4.69) is 20.3 Å². The van der Waals surface area contributed by atoms with Crippen molar-refractivity contribution in [2.75, 3.05) is 5.32 Å². The van der Waals surface area contributed by atoms with Crippen LogP contribution in [0.5, 0.6) is 0 Å². The van der Waals surface area contributed by atoms with Crippen LogP contribution in [0.4, 0.5) is 5.69 Å². The van der Waals surface area contributed by atoms with E-state index in [1.807, 2.05) is 60.7 Å². The molecule has 0 bridgehead atoms. The molecule has 0 aliphatic rings. The van der Waals surface area contributed by atoms with Crippen LogP contribution < -0.4 is 11.1 Å². The third-order valence-corrected chi connectivity index (χ3v) is 6.51. The first-order valence-electron chi connectivity index (χ1n) is 10.9. The highest BCUT2D eigenvalue weighted by Crippen LogP contribution is 2.26. The number of primary amides is 1. The van der Waals surface area contributed by atoms with Crippen molar-refractivity contribution in [2.45, 2.75) is 10.8 Å². The smallest absolute Gasteiger partial charge is 0.258 e. The van der Waals surface area contributed by atoms with E-state index in [9.17, 15) is 9.59 Å². The van der Waals surface area contributed by atoms with Crippen molar-refractivity contribution in [3.8, 4) is 11.4 Å². The molecule has 2 aromatic heterocycles. The van der Waals surface area contributed by atoms with Gasteiger partial charge in [0.15, 0.2) is 0 Å². The van der Waals surface area contributed by atoms with Gasteiger partial charge in [-0.25, -0.2) is 9.97 Å². The van der Waals surface area contributed by atoms with Gasteiger partial charge in [-0.15, -0.1) is 11.8 Å². The summed E-state index contributed by atoms with van der Waals surface area (Å²) in [6, 6.07) is 26.0. The minimum Gasteiger partial charge on any atom is -0.366 e. The molecular formula is C27H21N5O2S. The van der Waals surface area contributed by atoms with Crippen molar-refractivity contribution in [3.63, 3.8) is 0 Å². The van der Waals surface area contributed by atoms with E-state index in [0.717, 1.165) is 28.0 Å². The summed E-state index contributed by atoms with van der Waals surface area (Å²) in [6.07, 6.45) is 1.66. The van der Waals surface area contributed by atoms with Gasteiger partial charge in [0, 0.05) is 28.8 Å². The number of fused-ring (bicyclic) bond motifs is 1. The van der Waals surface area contributed by atoms with Gasteiger partial charge in [-0.2, -0.15) is 0 Å². The van der Waals surface area contributed by atoms with E-state index < -0.39 is 5.91 Å². The number of anilines is 1. The molecule has 4 N–H and O–H groups in total. The molecule has 8 heteroatoms. The highest BCUT2D eigenvalue weighted by Gasteiger charge is 2.14. The maximum atomic E-state index is 13.0. The van der Waals surface area contributed by atoms with Crippen molar-refractivity contribution in [2.24, 2.45) is 5.73 Å². The van der Waals surface area contributed by atoms with Crippen LogP contribution in [0.3, 0.4) is 0 Å². The normalized spacial score (nSPS) is 10.9. The molecule has 7 nitrogen and oxygen atoms in total. The lowest BCUT2D eigenvalue weighted by Gasteiger charge is -2.10. The molecule has 5 aromatic rings. The van der Waals surface area contributed by atoms with E-state index in [1.165, 1.54) is 11.8 Å². The molecule has 5 rings (SSSR count). The number of pyridine rings is 1. The lowest BCUT2D eigenvalue weighted by molar-refractivity contribution is 0.0997. The van der Waals surface area contributed by atoms with Gasteiger partial charge in [-0.1, -0.05) is 24.3 Å². The Morgan fingerprint density at radius 2 is 1.69 bits per heavy atom. The van der Waals surface area contributed by atoms with E-state index in [1.54, 1.807) is 30.5 Å². The second-order valence-electron chi connectivity index (χ2n) is 7.84. The quantitative estimate of drug-likeness (QED) is 0.275. The summed E-state index contributed by atoms with van der Waals surface area (Å²) in [4.78, 5) is 36.6. The van der Waals surface area contributed by atoms with Crippen LogP contribution in [0.15, 0.2) is 96.2 Å². The average Bonchev–Trinajstić information content (AvgIpc) is 3.33. The highest BCUT2D eigenvalue weighted by atomic mass is 32.2. The standard InChI is InChI=1S/C27H21N5O2S/c28-24(33)18-9-7-17(8-10-18)16-35-27-21(4-3-15-29-27)26(34)30-20-13-11-19(12-14-20)25-31-22-5-1-2-6-23(22)32-25/h1-15H,16H2,(H2,28,33)(H,30,34)(H,31,32). The summed E-state index contributed by atoms with van der Waals surface area (Å²) in [7, 11) is 0. The van der Waals surface area contributed by atoms with Crippen molar-refractivity contribution in [1.82, 2.24) is 15.0 Å². The second-order valence-corrected chi connectivity index (χ2v) is 8.80. The van der Waals surface area contributed by atoms with Gasteiger partial charge in [0.2, 0.25) is 5.91 Å². The Morgan fingerprint density at radius 3 is 2.43 bits per heavy atom. The fraction of sp³-hybridized carbons (Fsp3) is 0.0370. The van der Waals surface area contributed by atoms with Crippen molar-refractivity contribution >= 4 is 40.3 Å². The largest absolute Gasteiger partial charge is 0.366 e. The van der Waals surface area contributed by atoms with E-state index in [-0.39, 0.29) is 5.91 Å². The Hall–Kier alpha value is -4.43. The number of amides is 2. The van der Waals surface area contributed by atoms with E-state index >= 15 is 0 Å². The van der Waals surface area contributed by atoms with Gasteiger partial charge in [-0.05, 0) is 66.2 Å². The van der Waals surface area contributed by atoms with E-state index in [0.29, 0.717) is 27.6 Å². The summed E-state index contributed by atoms with van der Waals surface area (Å²) in [6.45, 7) is 0. The maximum absolute atomic E-state index is 13.0. The van der Waals surface area contributed by atoms with Crippen molar-refractivity contribution in [3.05, 3.63) is 108 Å². The Balaban J connectivity index is 1.27. The zero-order valence-electron chi connectivity index (χ0n) is 18.6. The van der Waals surface area contributed by atoms with Crippen LogP contribution in [-0.2, 0) is 5.75 Å². The molecule has 0 atom stereocenters. The summed E-state index contributed by atoms with van der Waals surface area (Å²) < 4.78 is 0. The molecule has 0 spiro atoms. The predicted octanol–water partition coefficient (Wildman–Crippen LogP) is 5.27. The zero-order chi connectivity index (χ0) is 24.2. The highest BCUT2D eigenvalue weighted by molar-refractivity contribution is 7.98. The lowest BCUT2D eigenvalue weighted by Crippen LogP contribution is -2.13. The number of aromatic nitrogens is 3. The monoisotopic (exact) mass is 479 g/mol. The number of nitrogens with one attached hydrogen (secondary N) is 2. The number of carbonyl (C=O) groups excluding carboxylic acids is 2. The van der Waals surface area contributed by atoms with Gasteiger partial charge < -0.3 is 16.0 Å². The Labute approximate surface area is 205 Å². The van der Waals surface area contributed by atoms with Gasteiger partial charge in [-0.3, -0.25) is 9.59 Å². The fourth-order valence-corrected chi connectivity index (χ4v) is 4.54. The van der Waals surface area contributed by atoms with Gasteiger partial charge >= 0.3 is 0 Å². The molecule has 0 saturated heterocycles. The van der Waals surface area contributed by atoms with Crippen LogP contribution in [0.2, 0.25) is 0 Å². The molecule has 0 aliphatic heterocycles. The number of hydrogen-bond donors (Lipinski definition) is 3. The first-order chi connectivity index (χ1) is 17.1. The molecule has 35 heavy (non-hydrogen) atoms. The molecule has 0 fully saturated rings. The number of para-hydroxylation sites is 2. The van der Waals surface area contributed by atoms with Crippen LogP contribution >= 0.6 is 11.8 Å². The van der Waals surface area contributed by atoms with Crippen LogP contribution in [0.25, 0.3) is 22.4 Å². The topological polar surface area (TPSA) is 114 Å². The first kappa shape index (κ1) is 22.4. The molecule has 2 amide bonds. The molecule has 0 unspecified atom stereocenters. The summed E-state index contributed by atoms with van der Waals surface area (Å²) in [5, 5.41) is 3.58. The maximum Gasteiger partial charge on any atom is 0.258 e.